The molecular weight excluding hydrogens is 384 g/mol. The number of rotatable bonds is 4. The van der Waals surface area contributed by atoms with E-state index in [1.807, 2.05) is 0 Å². The minimum Gasteiger partial charge on any atom is -0.508 e. The first-order valence-corrected chi connectivity index (χ1v) is 10.5. The van der Waals surface area contributed by atoms with Crippen LogP contribution in [0.5, 0.6) is 11.5 Å². The fourth-order valence-corrected chi connectivity index (χ4v) is 4.36. The van der Waals surface area contributed by atoms with Crippen molar-refractivity contribution in [1.29, 1.82) is 0 Å². The van der Waals surface area contributed by atoms with Crippen LogP contribution in [0.25, 0.3) is 22.3 Å². The molecule has 0 aromatic heterocycles. The largest absolute Gasteiger partial charge is 0.508 e. The van der Waals surface area contributed by atoms with Gasteiger partial charge in [0.1, 0.15) is 11.5 Å². The summed E-state index contributed by atoms with van der Waals surface area (Å²) in [4.78, 5) is 0.440. The van der Waals surface area contributed by atoms with Crippen molar-refractivity contribution in [3.8, 4) is 33.8 Å². The minimum atomic E-state index is -3.63. The number of hydrogen-bond donors (Lipinski definition) is 2. The Morgan fingerprint density at radius 2 is 0.655 bits per heavy atom. The summed E-state index contributed by atoms with van der Waals surface area (Å²) in [6.07, 6.45) is 0. The highest BCUT2D eigenvalue weighted by molar-refractivity contribution is 7.91. The van der Waals surface area contributed by atoms with E-state index in [-0.39, 0.29) is 21.3 Å². The zero-order chi connectivity index (χ0) is 20.4. The highest BCUT2D eigenvalue weighted by Crippen LogP contribution is 2.28. The van der Waals surface area contributed by atoms with Gasteiger partial charge < -0.3 is 10.2 Å². The van der Waals surface area contributed by atoms with Gasteiger partial charge in [-0.15, -0.1) is 0 Å². The molecule has 4 nitrogen and oxygen atoms in total. The van der Waals surface area contributed by atoms with Crippen LogP contribution >= 0.6 is 0 Å². The molecule has 0 aliphatic heterocycles. The third-order valence-corrected chi connectivity index (χ3v) is 6.52. The zero-order valence-electron chi connectivity index (χ0n) is 15.4. The van der Waals surface area contributed by atoms with Crippen molar-refractivity contribution in [1.82, 2.24) is 0 Å². The Balaban J connectivity index is 1.61. The molecule has 5 heteroatoms. The Bertz CT molecular complexity index is 1130. The zero-order valence-corrected chi connectivity index (χ0v) is 16.2. The molecule has 0 saturated heterocycles. The van der Waals surface area contributed by atoms with Gasteiger partial charge in [0.15, 0.2) is 0 Å². The van der Waals surface area contributed by atoms with Crippen molar-refractivity contribution >= 4 is 9.84 Å². The molecule has 2 N–H and O–H groups in total. The summed E-state index contributed by atoms with van der Waals surface area (Å²) in [7, 11) is -3.63. The van der Waals surface area contributed by atoms with Crippen molar-refractivity contribution in [2.24, 2.45) is 0 Å². The fraction of sp³-hybridized carbons (Fsp3) is 0. The Kier molecular flexibility index (Phi) is 4.82. The molecule has 0 fully saturated rings. The van der Waals surface area contributed by atoms with Crippen molar-refractivity contribution in [3.63, 3.8) is 0 Å². The van der Waals surface area contributed by atoms with Crippen LogP contribution in [0.15, 0.2) is 107 Å². The van der Waals surface area contributed by atoms with E-state index in [1.165, 1.54) is 0 Å². The highest BCUT2D eigenvalue weighted by atomic mass is 32.2. The molecule has 0 bridgehead atoms. The van der Waals surface area contributed by atoms with E-state index in [9.17, 15) is 18.6 Å². The Morgan fingerprint density at radius 3 is 0.931 bits per heavy atom. The lowest BCUT2D eigenvalue weighted by Crippen LogP contribution is -2.01. The van der Waals surface area contributed by atoms with Crippen LogP contribution in [0, 0.1) is 0 Å². The van der Waals surface area contributed by atoms with Crippen LogP contribution < -0.4 is 0 Å². The number of aromatic hydroxyl groups is 2. The summed E-state index contributed by atoms with van der Waals surface area (Å²) in [6.45, 7) is 0. The maximum absolute atomic E-state index is 13.0. The molecule has 144 valence electrons. The predicted molar refractivity (Wildman–Crippen MR) is 113 cm³/mol. The molecule has 0 amide bonds. The Labute approximate surface area is 169 Å². The Morgan fingerprint density at radius 1 is 0.414 bits per heavy atom. The lowest BCUT2D eigenvalue weighted by Gasteiger charge is -2.08. The van der Waals surface area contributed by atoms with Crippen LogP contribution in [-0.4, -0.2) is 18.6 Å². The lowest BCUT2D eigenvalue weighted by atomic mass is 10.1. The normalized spacial score (nSPS) is 11.3. The molecule has 4 aromatic carbocycles. The second kappa shape index (κ2) is 7.45. The molecule has 4 aromatic rings. The van der Waals surface area contributed by atoms with Gasteiger partial charge in [-0.05, 0) is 70.8 Å². The molecule has 4 rings (SSSR count). The van der Waals surface area contributed by atoms with Gasteiger partial charge in [0.2, 0.25) is 9.84 Å². The van der Waals surface area contributed by atoms with Gasteiger partial charge in [-0.2, -0.15) is 0 Å². The molecule has 0 saturated carbocycles. The van der Waals surface area contributed by atoms with Crippen LogP contribution in [0.1, 0.15) is 0 Å². The average molecular weight is 402 g/mol. The van der Waals surface area contributed by atoms with Crippen molar-refractivity contribution in [2.45, 2.75) is 9.79 Å². The molecule has 0 aliphatic carbocycles. The standard InChI is InChI=1S/C24H18O4S/c25-21-9-1-17(2-10-21)19-5-13-23(14-6-19)29(27,28)24-15-7-20(8-16-24)18-3-11-22(26)12-4-18/h1-16,25-26H. The van der Waals surface area contributed by atoms with E-state index in [4.69, 9.17) is 0 Å². The second-order valence-electron chi connectivity index (χ2n) is 6.65. The van der Waals surface area contributed by atoms with Gasteiger partial charge in [0.05, 0.1) is 9.79 Å². The van der Waals surface area contributed by atoms with Crippen LogP contribution in [-0.2, 0) is 9.84 Å². The summed E-state index contributed by atoms with van der Waals surface area (Å²) < 4.78 is 25.9. The molecule has 0 atom stereocenters. The third kappa shape index (κ3) is 3.86. The van der Waals surface area contributed by atoms with E-state index < -0.39 is 9.84 Å². The quantitative estimate of drug-likeness (QED) is 0.488. The molecule has 0 radical (unpaired) electrons. The van der Waals surface area contributed by atoms with Crippen LogP contribution in [0.2, 0.25) is 0 Å². The van der Waals surface area contributed by atoms with Gasteiger partial charge in [-0.25, -0.2) is 8.42 Å². The van der Waals surface area contributed by atoms with Gasteiger partial charge in [0, 0.05) is 0 Å². The molecular formula is C24H18O4S. The number of phenolic OH excluding ortho intramolecular Hbond substituents is 2. The topological polar surface area (TPSA) is 74.6 Å². The van der Waals surface area contributed by atoms with E-state index in [1.54, 1.807) is 97.1 Å². The number of phenols is 2. The SMILES string of the molecule is O=S(=O)(c1ccc(-c2ccc(O)cc2)cc1)c1ccc(-c2ccc(O)cc2)cc1. The molecule has 0 unspecified atom stereocenters. The minimum absolute atomic E-state index is 0.184. The van der Waals surface area contributed by atoms with Gasteiger partial charge in [0.25, 0.3) is 0 Å². The monoisotopic (exact) mass is 402 g/mol. The van der Waals surface area contributed by atoms with E-state index in [2.05, 4.69) is 0 Å². The van der Waals surface area contributed by atoms with Gasteiger partial charge >= 0.3 is 0 Å². The van der Waals surface area contributed by atoms with Crippen molar-refractivity contribution < 1.29 is 18.6 Å². The molecule has 0 spiro atoms. The maximum atomic E-state index is 13.0. The third-order valence-electron chi connectivity index (χ3n) is 4.73. The first-order chi connectivity index (χ1) is 13.9. The number of benzene rings is 4. The summed E-state index contributed by atoms with van der Waals surface area (Å²) >= 11 is 0. The smallest absolute Gasteiger partial charge is 0.206 e. The summed E-state index contributed by atoms with van der Waals surface area (Å²) in [5.74, 6) is 0.368. The lowest BCUT2D eigenvalue weighted by molar-refractivity contribution is 0.475. The van der Waals surface area contributed by atoms with E-state index in [0.717, 1.165) is 22.3 Å². The van der Waals surface area contributed by atoms with Gasteiger partial charge in [-0.3, -0.25) is 0 Å². The predicted octanol–water partition coefficient (Wildman–Crippen LogP) is 5.26. The second-order valence-corrected chi connectivity index (χ2v) is 8.60. The number of hydrogen-bond acceptors (Lipinski definition) is 4. The van der Waals surface area contributed by atoms with E-state index in [0.29, 0.717) is 0 Å². The molecule has 0 aliphatic rings. The van der Waals surface area contributed by atoms with Crippen molar-refractivity contribution in [3.05, 3.63) is 97.1 Å². The summed E-state index contributed by atoms with van der Waals surface area (Å²) in [6, 6.07) is 26.9. The maximum Gasteiger partial charge on any atom is 0.206 e. The highest BCUT2D eigenvalue weighted by Gasteiger charge is 2.17. The average Bonchev–Trinajstić information content (AvgIpc) is 2.75. The first kappa shape index (κ1) is 18.8. The fourth-order valence-electron chi connectivity index (χ4n) is 3.10. The van der Waals surface area contributed by atoms with Crippen molar-refractivity contribution in [2.75, 3.05) is 0 Å². The molecule has 0 heterocycles. The van der Waals surface area contributed by atoms with Crippen LogP contribution in [0.3, 0.4) is 0 Å². The summed E-state index contributed by atoms with van der Waals surface area (Å²) in [5, 5.41) is 18.8. The first-order valence-electron chi connectivity index (χ1n) is 8.97. The molecule has 29 heavy (non-hydrogen) atoms. The Hall–Kier alpha value is -3.57. The van der Waals surface area contributed by atoms with Crippen LogP contribution in [0.4, 0.5) is 0 Å². The summed E-state index contributed by atoms with van der Waals surface area (Å²) in [5.41, 5.74) is 3.52. The van der Waals surface area contributed by atoms with Gasteiger partial charge in [-0.1, -0.05) is 48.5 Å². The number of sulfone groups is 1. The van der Waals surface area contributed by atoms with E-state index >= 15 is 0 Å².